The zero-order valence-corrected chi connectivity index (χ0v) is 16.9. The van der Waals surface area contributed by atoms with Crippen LogP contribution in [0.5, 0.6) is 0 Å². The van der Waals surface area contributed by atoms with E-state index in [2.05, 4.69) is 71.4 Å². The molecule has 4 aliphatic carbocycles. The Hall–Kier alpha value is -2.61. The Labute approximate surface area is 173 Å². The second kappa shape index (κ2) is 6.73. The summed E-state index contributed by atoms with van der Waals surface area (Å²) in [5.74, 6) is 2.97. The van der Waals surface area contributed by atoms with E-state index in [1.165, 1.54) is 38.5 Å². The Bertz CT molecular complexity index is 991. The van der Waals surface area contributed by atoms with Crippen LogP contribution in [0.3, 0.4) is 0 Å². The molecule has 4 saturated carbocycles. The number of rotatable bonds is 4. The molecule has 7 rings (SSSR count). The van der Waals surface area contributed by atoms with Crippen LogP contribution in [0, 0.1) is 17.8 Å². The van der Waals surface area contributed by atoms with Crippen molar-refractivity contribution in [1.29, 1.82) is 0 Å². The molecule has 2 nitrogen and oxygen atoms in total. The Balaban J connectivity index is 1.23. The first kappa shape index (κ1) is 17.3. The molecule has 0 amide bonds. The van der Waals surface area contributed by atoms with E-state index < -0.39 is 0 Å². The van der Waals surface area contributed by atoms with Gasteiger partial charge in [0, 0.05) is 11.9 Å². The second-order valence-corrected chi connectivity index (χ2v) is 9.64. The van der Waals surface area contributed by atoms with Crippen LogP contribution >= 0.6 is 0 Å². The first-order valence-electron chi connectivity index (χ1n) is 11.1. The minimum absolute atomic E-state index is 0.471. The van der Waals surface area contributed by atoms with Gasteiger partial charge < -0.3 is 4.57 Å². The lowest BCUT2D eigenvalue weighted by Gasteiger charge is -2.57. The van der Waals surface area contributed by atoms with E-state index in [-0.39, 0.29) is 0 Å². The van der Waals surface area contributed by atoms with Crippen LogP contribution in [0.25, 0.3) is 5.69 Å². The van der Waals surface area contributed by atoms with Crippen LogP contribution in [-0.2, 0) is 5.41 Å². The predicted octanol–water partition coefficient (Wildman–Crippen LogP) is 6.70. The molecule has 0 aliphatic heterocycles. The van der Waals surface area contributed by atoms with Gasteiger partial charge in [0.25, 0.3) is 0 Å². The van der Waals surface area contributed by atoms with E-state index in [9.17, 15) is 0 Å². The maximum absolute atomic E-state index is 4.78. The van der Waals surface area contributed by atoms with Gasteiger partial charge in [0.05, 0.1) is 17.6 Å². The quantitative estimate of drug-likeness (QED) is 0.448. The van der Waals surface area contributed by atoms with Crippen LogP contribution in [0.4, 0.5) is 5.69 Å². The largest absolute Gasteiger partial charge is 0.316 e. The lowest BCUT2D eigenvalue weighted by molar-refractivity contribution is -0.00518. The van der Waals surface area contributed by atoms with E-state index in [0.29, 0.717) is 5.41 Å². The minimum Gasteiger partial charge on any atom is -0.316 e. The molecule has 3 aromatic rings. The molecule has 0 radical (unpaired) electrons. The average Bonchev–Trinajstić information content (AvgIpc) is 3.21. The van der Waals surface area contributed by atoms with Crippen molar-refractivity contribution >= 4 is 11.9 Å². The van der Waals surface area contributed by atoms with Crippen molar-refractivity contribution in [2.24, 2.45) is 22.7 Å². The molecule has 1 aromatic heterocycles. The molecular weight excluding hydrogens is 352 g/mol. The third kappa shape index (κ3) is 3.06. The SMILES string of the molecule is C(=Nc1ccc(C23CC4CC(CC(C4)C2)C3)cc1)c1cccn1-c1ccccc1. The highest BCUT2D eigenvalue weighted by Gasteiger charge is 2.51. The summed E-state index contributed by atoms with van der Waals surface area (Å²) >= 11 is 0. The molecule has 0 unspecified atom stereocenters. The zero-order chi connectivity index (χ0) is 19.3. The third-order valence-corrected chi connectivity index (χ3v) is 7.68. The maximum atomic E-state index is 4.78. The number of hydrogen-bond acceptors (Lipinski definition) is 1. The topological polar surface area (TPSA) is 17.3 Å². The van der Waals surface area contributed by atoms with Crippen molar-refractivity contribution in [2.75, 3.05) is 0 Å². The van der Waals surface area contributed by atoms with Crippen LogP contribution in [0.1, 0.15) is 49.8 Å². The average molecular weight is 381 g/mol. The number of aromatic nitrogens is 1. The van der Waals surface area contributed by atoms with Gasteiger partial charge in [0.1, 0.15) is 0 Å². The van der Waals surface area contributed by atoms with E-state index in [1.54, 1.807) is 5.56 Å². The molecule has 1 heterocycles. The number of hydrogen-bond donors (Lipinski definition) is 0. The van der Waals surface area contributed by atoms with Gasteiger partial charge in [-0.15, -0.1) is 0 Å². The van der Waals surface area contributed by atoms with Crippen molar-refractivity contribution in [3.63, 3.8) is 0 Å². The summed E-state index contributed by atoms with van der Waals surface area (Å²) < 4.78 is 2.17. The Morgan fingerprint density at radius 1 is 0.759 bits per heavy atom. The molecule has 0 spiro atoms. The molecular formula is C27H28N2. The van der Waals surface area contributed by atoms with Gasteiger partial charge >= 0.3 is 0 Å². The van der Waals surface area contributed by atoms with Crippen molar-refractivity contribution in [3.05, 3.63) is 84.2 Å². The molecule has 2 aromatic carbocycles. The molecule has 0 N–H and O–H groups in total. The molecule has 4 bridgehead atoms. The highest BCUT2D eigenvalue weighted by Crippen LogP contribution is 2.60. The van der Waals surface area contributed by atoms with Crippen LogP contribution in [0.15, 0.2) is 77.9 Å². The van der Waals surface area contributed by atoms with Gasteiger partial charge in [0.2, 0.25) is 0 Å². The van der Waals surface area contributed by atoms with Gasteiger partial charge in [0.15, 0.2) is 0 Å². The van der Waals surface area contributed by atoms with Crippen LogP contribution in [0.2, 0.25) is 0 Å². The van der Waals surface area contributed by atoms with Crippen molar-refractivity contribution in [1.82, 2.24) is 4.57 Å². The molecule has 2 heteroatoms. The maximum Gasteiger partial charge on any atom is 0.0639 e. The summed E-state index contributed by atoms with van der Waals surface area (Å²) in [7, 11) is 0. The lowest BCUT2D eigenvalue weighted by atomic mass is 9.48. The second-order valence-electron chi connectivity index (χ2n) is 9.64. The number of nitrogens with zero attached hydrogens (tertiary/aromatic N) is 2. The van der Waals surface area contributed by atoms with E-state index >= 15 is 0 Å². The molecule has 0 saturated heterocycles. The fraction of sp³-hybridized carbons (Fsp3) is 0.370. The first-order valence-corrected chi connectivity index (χ1v) is 11.1. The highest BCUT2D eigenvalue weighted by molar-refractivity contribution is 5.81. The normalized spacial score (nSPS) is 30.3. The van der Waals surface area contributed by atoms with Gasteiger partial charge in [-0.05, 0) is 104 Å². The van der Waals surface area contributed by atoms with Crippen molar-refractivity contribution in [3.8, 4) is 5.69 Å². The predicted molar refractivity (Wildman–Crippen MR) is 119 cm³/mol. The summed E-state index contributed by atoms with van der Waals surface area (Å²) in [6.45, 7) is 0. The molecule has 146 valence electrons. The van der Waals surface area contributed by atoms with Gasteiger partial charge in [-0.3, -0.25) is 4.99 Å². The fourth-order valence-corrected chi connectivity index (χ4v) is 6.83. The Morgan fingerprint density at radius 3 is 2.07 bits per heavy atom. The smallest absolute Gasteiger partial charge is 0.0639 e. The van der Waals surface area contributed by atoms with Crippen molar-refractivity contribution in [2.45, 2.75) is 43.9 Å². The number of para-hydroxylation sites is 1. The molecule has 0 atom stereocenters. The van der Waals surface area contributed by atoms with E-state index in [0.717, 1.165) is 34.8 Å². The van der Waals surface area contributed by atoms with Gasteiger partial charge in [-0.2, -0.15) is 0 Å². The molecule has 4 aliphatic rings. The Morgan fingerprint density at radius 2 is 1.41 bits per heavy atom. The fourth-order valence-electron chi connectivity index (χ4n) is 6.83. The highest BCUT2D eigenvalue weighted by atomic mass is 15.0. The third-order valence-electron chi connectivity index (χ3n) is 7.68. The minimum atomic E-state index is 0.471. The standard InChI is InChI=1S/C27H28N2/c1-2-5-25(6-3-1)29-12-4-7-26(29)19-28-24-10-8-23(9-11-24)27-16-20-13-21(17-27)15-22(14-20)18-27/h1-12,19-22H,13-18H2. The summed E-state index contributed by atoms with van der Waals surface area (Å²) in [5, 5.41) is 0. The summed E-state index contributed by atoms with van der Waals surface area (Å²) in [6, 6.07) is 23.8. The van der Waals surface area contributed by atoms with E-state index in [1.807, 2.05) is 12.3 Å². The van der Waals surface area contributed by atoms with Gasteiger partial charge in [-0.1, -0.05) is 30.3 Å². The van der Waals surface area contributed by atoms with Crippen LogP contribution in [-0.4, -0.2) is 10.8 Å². The molecule has 29 heavy (non-hydrogen) atoms. The van der Waals surface area contributed by atoms with Gasteiger partial charge in [-0.25, -0.2) is 0 Å². The summed E-state index contributed by atoms with van der Waals surface area (Å²) in [6.07, 6.45) is 12.8. The number of benzene rings is 2. The molecule has 4 fully saturated rings. The van der Waals surface area contributed by atoms with Crippen molar-refractivity contribution < 1.29 is 0 Å². The first-order chi connectivity index (χ1) is 14.3. The van der Waals surface area contributed by atoms with E-state index in [4.69, 9.17) is 4.99 Å². The summed E-state index contributed by atoms with van der Waals surface area (Å²) in [4.78, 5) is 4.78. The lowest BCUT2D eigenvalue weighted by Crippen LogP contribution is -2.48. The number of aliphatic imine (C=N–C) groups is 1. The summed E-state index contributed by atoms with van der Waals surface area (Å²) in [5.41, 5.74) is 5.35. The van der Waals surface area contributed by atoms with Crippen LogP contribution < -0.4 is 0 Å². The monoisotopic (exact) mass is 380 g/mol. The zero-order valence-electron chi connectivity index (χ0n) is 16.9. The Kier molecular flexibility index (Phi) is 4.00.